The second-order valence-corrected chi connectivity index (χ2v) is 7.61. The molecule has 0 amide bonds. The molecule has 0 radical (unpaired) electrons. The van der Waals surface area contributed by atoms with Crippen molar-refractivity contribution in [1.29, 1.82) is 0 Å². The van der Waals surface area contributed by atoms with E-state index in [0.29, 0.717) is 5.75 Å². The highest BCUT2D eigenvalue weighted by Crippen LogP contribution is 2.30. The van der Waals surface area contributed by atoms with Crippen LogP contribution in [0.2, 0.25) is 0 Å². The summed E-state index contributed by atoms with van der Waals surface area (Å²) in [5.41, 5.74) is 2.35. The maximum Gasteiger partial charge on any atom is 0.155 e. The zero-order valence-electron chi connectivity index (χ0n) is 11.7. The topological polar surface area (TPSA) is 46.2 Å². The van der Waals surface area contributed by atoms with E-state index in [2.05, 4.69) is 24.4 Å². The van der Waals surface area contributed by atoms with E-state index in [1.165, 1.54) is 5.56 Å². The van der Waals surface area contributed by atoms with Crippen LogP contribution >= 0.6 is 0 Å². The predicted octanol–water partition coefficient (Wildman–Crippen LogP) is 2.48. The second kappa shape index (κ2) is 6.06. The van der Waals surface area contributed by atoms with Gasteiger partial charge in [0.1, 0.15) is 0 Å². The van der Waals surface area contributed by atoms with Crippen molar-refractivity contribution in [2.24, 2.45) is 0 Å². The van der Waals surface area contributed by atoms with Gasteiger partial charge in [-0.3, -0.25) is 0 Å². The summed E-state index contributed by atoms with van der Waals surface area (Å²) in [5, 5.41) is 2.94. The van der Waals surface area contributed by atoms with Crippen molar-refractivity contribution in [3.63, 3.8) is 0 Å². The van der Waals surface area contributed by atoms with E-state index in [-0.39, 0.29) is 11.3 Å². The van der Waals surface area contributed by atoms with Crippen LogP contribution in [-0.2, 0) is 16.3 Å². The van der Waals surface area contributed by atoms with Crippen LogP contribution in [0.5, 0.6) is 0 Å². The van der Waals surface area contributed by atoms with E-state index in [1.54, 1.807) is 0 Å². The fraction of sp³-hybridized carbons (Fsp3) is 0.600. The van der Waals surface area contributed by atoms with Gasteiger partial charge >= 0.3 is 0 Å². The first kappa shape index (κ1) is 14.5. The molecule has 0 saturated carbocycles. The molecule has 1 heterocycles. The fourth-order valence-corrected chi connectivity index (χ4v) is 5.07. The van der Waals surface area contributed by atoms with Crippen molar-refractivity contribution >= 4 is 9.84 Å². The van der Waals surface area contributed by atoms with Crippen LogP contribution in [0.25, 0.3) is 0 Å². The molecule has 2 atom stereocenters. The van der Waals surface area contributed by atoms with Gasteiger partial charge in [0.25, 0.3) is 0 Å². The summed E-state index contributed by atoms with van der Waals surface area (Å²) in [6, 6.07) is 8.19. The third-order valence-corrected chi connectivity index (χ3v) is 6.32. The summed E-state index contributed by atoms with van der Waals surface area (Å²) in [6.07, 6.45) is 3.56. The molecule has 1 aliphatic heterocycles. The number of rotatable bonds is 4. The minimum atomic E-state index is -2.97. The minimum Gasteiger partial charge on any atom is -0.312 e. The monoisotopic (exact) mass is 281 g/mol. The molecule has 1 saturated heterocycles. The Kier molecular flexibility index (Phi) is 4.63. The van der Waals surface area contributed by atoms with Gasteiger partial charge in [-0.1, -0.05) is 37.6 Å². The highest BCUT2D eigenvalue weighted by Gasteiger charge is 2.35. The van der Waals surface area contributed by atoms with Gasteiger partial charge in [0, 0.05) is 6.04 Å². The molecular formula is C15H23NO2S. The fourth-order valence-electron chi connectivity index (χ4n) is 2.93. The number of hydrogen-bond donors (Lipinski definition) is 1. The molecule has 1 aromatic carbocycles. The van der Waals surface area contributed by atoms with E-state index in [4.69, 9.17) is 0 Å². The van der Waals surface area contributed by atoms with Crippen LogP contribution < -0.4 is 5.32 Å². The highest BCUT2D eigenvalue weighted by atomic mass is 32.2. The molecule has 2 rings (SSSR count). The molecule has 1 fully saturated rings. The first-order valence-electron chi connectivity index (χ1n) is 7.06. The largest absolute Gasteiger partial charge is 0.312 e. The molecule has 19 heavy (non-hydrogen) atoms. The van der Waals surface area contributed by atoms with Crippen molar-refractivity contribution in [2.45, 2.75) is 43.9 Å². The van der Waals surface area contributed by atoms with Gasteiger partial charge in [0.15, 0.2) is 9.84 Å². The maximum absolute atomic E-state index is 12.3. The van der Waals surface area contributed by atoms with Crippen LogP contribution in [0.3, 0.4) is 0 Å². The molecule has 3 nitrogen and oxygen atoms in total. The zero-order chi connectivity index (χ0) is 13.9. The molecule has 1 aliphatic rings. The van der Waals surface area contributed by atoms with Gasteiger partial charge < -0.3 is 5.32 Å². The third kappa shape index (κ3) is 3.18. The molecule has 1 aromatic rings. The molecule has 0 bridgehead atoms. The summed E-state index contributed by atoms with van der Waals surface area (Å²) < 4.78 is 24.5. The van der Waals surface area contributed by atoms with Gasteiger partial charge in [-0.05, 0) is 37.4 Å². The first-order valence-corrected chi connectivity index (χ1v) is 8.77. The Hall–Kier alpha value is -0.870. The van der Waals surface area contributed by atoms with Crippen LogP contribution in [0.1, 0.15) is 43.4 Å². The van der Waals surface area contributed by atoms with Gasteiger partial charge in [0.2, 0.25) is 0 Å². The van der Waals surface area contributed by atoms with Crippen LogP contribution in [0.15, 0.2) is 24.3 Å². The lowest BCUT2D eigenvalue weighted by Crippen LogP contribution is -2.39. The highest BCUT2D eigenvalue weighted by molar-refractivity contribution is 7.92. The molecule has 4 heteroatoms. The van der Waals surface area contributed by atoms with E-state index in [0.717, 1.165) is 31.2 Å². The third-order valence-electron chi connectivity index (χ3n) is 4.03. The summed E-state index contributed by atoms with van der Waals surface area (Å²) >= 11 is 0. The summed E-state index contributed by atoms with van der Waals surface area (Å²) in [7, 11) is -1.11. The number of benzene rings is 1. The maximum atomic E-state index is 12.3. The molecule has 1 N–H and O–H groups in total. The van der Waals surface area contributed by atoms with E-state index >= 15 is 0 Å². The quantitative estimate of drug-likeness (QED) is 0.922. The van der Waals surface area contributed by atoms with Crippen LogP contribution in [-0.4, -0.2) is 26.5 Å². The molecular weight excluding hydrogens is 258 g/mol. The molecule has 106 valence electrons. The number of hydrogen-bond acceptors (Lipinski definition) is 3. The van der Waals surface area contributed by atoms with Gasteiger partial charge in [-0.2, -0.15) is 0 Å². The molecule has 2 unspecified atom stereocenters. The Morgan fingerprint density at radius 3 is 2.79 bits per heavy atom. The average Bonchev–Trinajstić information content (AvgIpc) is 2.41. The van der Waals surface area contributed by atoms with Gasteiger partial charge in [-0.15, -0.1) is 0 Å². The Labute approximate surface area is 116 Å². The summed E-state index contributed by atoms with van der Waals surface area (Å²) in [6.45, 7) is 2.12. The lowest BCUT2D eigenvalue weighted by molar-refractivity contribution is 0.469. The van der Waals surface area contributed by atoms with Crippen molar-refractivity contribution in [3.05, 3.63) is 35.4 Å². The average molecular weight is 281 g/mol. The normalized spacial score (nSPS) is 24.0. The predicted molar refractivity (Wildman–Crippen MR) is 79.0 cm³/mol. The van der Waals surface area contributed by atoms with Gasteiger partial charge in [0.05, 0.1) is 11.0 Å². The zero-order valence-corrected chi connectivity index (χ0v) is 12.5. The number of aryl methyl sites for hydroxylation is 1. The Bertz CT molecular complexity index is 525. The lowest BCUT2D eigenvalue weighted by Gasteiger charge is -2.30. The molecule has 0 spiro atoms. The Morgan fingerprint density at radius 1 is 1.37 bits per heavy atom. The second-order valence-electron chi connectivity index (χ2n) is 5.27. The number of sulfone groups is 1. The van der Waals surface area contributed by atoms with Crippen molar-refractivity contribution in [1.82, 2.24) is 5.32 Å². The van der Waals surface area contributed by atoms with E-state index in [1.807, 2.05) is 19.2 Å². The smallest absolute Gasteiger partial charge is 0.155 e. The first-order chi connectivity index (χ1) is 9.08. The molecule has 0 aromatic heterocycles. The Balaban J connectivity index is 2.33. The van der Waals surface area contributed by atoms with E-state index in [9.17, 15) is 8.42 Å². The lowest BCUT2D eigenvalue weighted by atomic mass is 9.97. The summed E-state index contributed by atoms with van der Waals surface area (Å²) in [4.78, 5) is 0. The van der Waals surface area contributed by atoms with Crippen molar-refractivity contribution in [3.8, 4) is 0 Å². The standard InChI is InChI=1S/C15H23NO2S/c1-3-12-7-6-8-13(11-12)15(16-2)14-9-4-5-10-19(14,17)18/h6-8,11,14-16H,3-5,9-10H2,1-2H3. The van der Waals surface area contributed by atoms with Crippen LogP contribution in [0, 0.1) is 0 Å². The van der Waals surface area contributed by atoms with Crippen molar-refractivity contribution < 1.29 is 8.42 Å². The van der Waals surface area contributed by atoms with Gasteiger partial charge in [-0.25, -0.2) is 8.42 Å². The molecule has 0 aliphatic carbocycles. The minimum absolute atomic E-state index is 0.0863. The Morgan fingerprint density at radius 2 is 2.16 bits per heavy atom. The van der Waals surface area contributed by atoms with E-state index < -0.39 is 9.84 Å². The van der Waals surface area contributed by atoms with Crippen LogP contribution in [0.4, 0.5) is 0 Å². The summed E-state index contributed by atoms with van der Waals surface area (Å²) in [5.74, 6) is 0.337. The van der Waals surface area contributed by atoms with Crippen molar-refractivity contribution in [2.75, 3.05) is 12.8 Å². The SMILES string of the molecule is CCc1cccc(C(NC)C2CCCCS2(=O)=O)c1. The number of nitrogens with one attached hydrogen (secondary N) is 1.